The largest absolute Gasteiger partial charge is 0.381 e. The summed E-state index contributed by atoms with van der Waals surface area (Å²) in [6.45, 7) is 5.47. The number of rotatable bonds is 5. The molecule has 0 N–H and O–H groups in total. The second kappa shape index (κ2) is 7.20. The van der Waals surface area contributed by atoms with E-state index in [1.807, 2.05) is 4.90 Å². The van der Waals surface area contributed by atoms with Crippen molar-refractivity contribution in [2.24, 2.45) is 5.92 Å². The smallest absolute Gasteiger partial charge is 0.237 e. The minimum Gasteiger partial charge on any atom is -0.381 e. The Balaban J connectivity index is 1.45. The van der Waals surface area contributed by atoms with Gasteiger partial charge in [0, 0.05) is 32.8 Å². The molecule has 1 atom stereocenters. The Morgan fingerprint density at radius 3 is 2.73 bits per heavy atom. The first kappa shape index (κ1) is 15.4. The van der Waals surface area contributed by atoms with Crippen LogP contribution >= 0.6 is 0 Å². The van der Waals surface area contributed by atoms with Crippen LogP contribution in [0.3, 0.4) is 0 Å². The number of nitrogens with zero attached hydrogens (tertiary/aromatic N) is 2. The number of hydrogen-bond acceptors (Lipinski definition) is 3. The third-order valence-corrected chi connectivity index (χ3v) is 4.56. The Labute approximate surface area is 130 Å². The molecule has 2 aliphatic rings. The van der Waals surface area contributed by atoms with Crippen LogP contribution in [-0.2, 0) is 16.1 Å². The minimum absolute atomic E-state index is 0.165. The lowest BCUT2D eigenvalue weighted by Crippen LogP contribution is -2.50. The summed E-state index contributed by atoms with van der Waals surface area (Å²) in [6, 6.07) is 6.38. The molecule has 0 bridgehead atoms. The van der Waals surface area contributed by atoms with E-state index in [1.165, 1.54) is 12.1 Å². The molecule has 22 heavy (non-hydrogen) atoms. The van der Waals surface area contributed by atoms with Gasteiger partial charge in [-0.05, 0) is 43.0 Å². The Morgan fingerprint density at radius 2 is 2.05 bits per heavy atom. The van der Waals surface area contributed by atoms with Crippen molar-refractivity contribution in [3.05, 3.63) is 35.6 Å². The number of benzene rings is 1. The van der Waals surface area contributed by atoms with E-state index in [1.54, 1.807) is 12.1 Å². The first-order chi connectivity index (χ1) is 10.7. The standard InChI is InChI=1S/C17H23FN2O2/c18-16-3-1-14(2-4-16)11-20-9-8-19(12-17(20)21)7-5-15-6-10-22-13-15/h1-4,15H,5-13H2/t15-/m0/s1. The first-order valence-corrected chi connectivity index (χ1v) is 8.03. The van der Waals surface area contributed by atoms with Crippen LogP contribution in [0.5, 0.6) is 0 Å². The normalized spacial score (nSPS) is 23.2. The van der Waals surface area contributed by atoms with Crippen molar-refractivity contribution < 1.29 is 13.9 Å². The molecule has 2 fully saturated rings. The minimum atomic E-state index is -0.240. The first-order valence-electron chi connectivity index (χ1n) is 8.03. The van der Waals surface area contributed by atoms with Crippen LogP contribution < -0.4 is 0 Å². The highest BCUT2D eigenvalue weighted by atomic mass is 19.1. The summed E-state index contributed by atoms with van der Waals surface area (Å²) >= 11 is 0. The van der Waals surface area contributed by atoms with E-state index < -0.39 is 0 Å². The summed E-state index contributed by atoms with van der Waals surface area (Å²) in [5, 5.41) is 0. The highest BCUT2D eigenvalue weighted by molar-refractivity contribution is 5.79. The zero-order chi connectivity index (χ0) is 15.4. The van der Waals surface area contributed by atoms with Crippen LogP contribution in [0.15, 0.2) is 24.3 Å². The predicted octanol–water partition coefficient (Wildman–Crippen LogP) is 1.90. The van der Waals surface area contributed by atoms with Gasteiger partial charge in [-0.1, -0.05) is 12.1 Å². The summed E-state index contributed by atoms with van der Waals surface area (Å²) in [6.07, 6.45) is 2.27. The van der Waals surface area contributed by atoms with E-state index in [2.05, 4.69) is 4.90 Å². The molecule has 1 aromatic carbocycles. The monoisotopic (exact) mass is 306 g/mol. The number of ether oxygens (including phenoxy) is 1. The molecule has 0 aromatic heterocycles. The summed E-state index contributed by atoms with van der Waals surface area (Å²) in [5.74, 6) is 0.585. The topological polar surface area (TPSA) is 32.8 Å². The van der Waals surface area contributed by atoms with Crippen molar-refractivity contribution in [1.82, 2.24) is 9.80 Å². The maximum atomic E-state index is 12.9. The van der Waals surface area contributed by atoms with Gasteiger partial charge < -0.3 is 9.64 Å². The van der Waals surface area contributed by atoms with Crippen molar-refractivity contribution >= 4 is 5.91 Å². The van der Waals surface area contributed by atoms with Gasteiger partial charge in [0.1, 0.15) is 5.82 Å². The molecule has 0 aliphatic carbocycles. The molecule has 120 valence electrons. The van der Waals surface area contributed by atoms with Crippen molar-refractivity contribution in [1.29, 1.82) is 0 Å². The maximum Gasteiger partial charge on any atom is 0.237 e. The SMILES string of the molecule is O=C1CN(CC[C@H]2CCOC2)CCN1Cc1ccc(F)cc1. The fourth-order valence-electron chi connectivity index (χ4n) is 3.10. The third kappa shape index (κ3) is 4.05. The Morgan fingerprint density at radius 1 is 1.23 bits per heavy atom. The molecule has 2 saturated heterocycles. The van der Waals surface area contributed by atoms with Gasteiger partial charge in [0.05, 0.1) is 6.54 Å². The molecule has 0 unspecified atom stereocenters. The third-order valence-electron chi connectivity index (χ3n) is 4.56. The van der Waals surface area contributed by atoms with E-state index in [9.17, 15) is 9.18 Å². The Kier molecular flexibility index (Phi) is 5.05. The predicted molar refractivity (Wildman–Crippen MR) is 81.8 cm³/mol. The van der Waals surface area contributed by atoms with E-state index in [4.69, 9.17) is 4.74 Å². The maximum absolute atomic E-state index is 12.9. The number of amides is 1. The lowest BCUT2D eigenvalue weighted by atomic mass is 10.0. The number of carbonyl (C=O) groups is 1. The molecule has 0 saturated carbocycles. The molecule has 4 nitrogen and oxygen atoms in total. The molecule has 1 amide bonds. The Hall–Kier alpha value is -1.46. The van der Waals surface area contributed by atoms with Crippen LogP contribution in [-0.4, -0.2) is 55.1 Å². The van der Waals surface area contributed by atoms with Gasteiger partial charge in [0.25, 0.3) is 0 Å². The van der Waals surface area contributed by atoms with Crippen LogP contribution in [0.1, 0.15) is 18.4 Å². The van der Waals surface area contributed by atoms with Crippen LogP contribution in [0.4, 0.5) is 4.39 Å². The second-order valence-electron chi connectivity index (χ2n) is 6.24. The average molecular weight is 306 g/mol. The average Bonchev–Trinajstić information content (AvgIpc) is 3.03. The summed E-state index contributed by atoms with van der Waals surface area (Å²) in [5.41, 5.74) is 0.978. The molecule has 2 aliphatic heterocycles. The zero-order valence-corrected chi connectivity index (χ0v) is 12.8. The highest BCUT2D eigenvalue weighted by Gasteiger charge is 2.25. The number of halogens is 1. The highest BCUT2D eigenvalue weighted by Crippen LogP contribution is 2.18. The Bertz CT molecular complexity index is 500. The van der Waals surface area contributed by atoms with Gasteiger partial charge in [-0.3, -0.25) is 9.69 Å². The molecule has 1 aromatic rings. The van der Waals surface area contributed by atoms with Gasteiger partial charge >= 0.3 is 0 Å². The van der Waals surface area contributed by atoms with Crippen molar-refractivity contribution in [3.8, 4) is 0 Å². The van der Waals surface area contributed by atoms with Crippen LogP contribution in [0, 0.1) is 11.7 Å². The van der Waals surface area contributed by atoms with Crippen molar-refractivity contribution in [2.75, 3.05) is 39.4 Å². The molecule has 2 heterocycles. The zero-order valence-electron chi connectivity index (χ0n) is 12.8. The van der Waals surface area contributed by atoms with Gasteiger partial charge in [0.2, 0.25) is 5.91 Å². The quantitative estimate of drug-likeness (QED) is 0.833. The fourth-order valence-corrected chi connectivity index (χ4v) is 3.10. The second-order valence-corrected chi connectivity index (χ2v) is 6.24. The van der Waals surface area contributed by atoms with E-state index in [0.717, 1.165) is 51.3 Å². The van der Waals surface area contributed by atoms with Gasteiger partial charge in [-0.15, -0.1) is 0 Å². The molecular weight excluding hydrogens is 283 g/mol. The van der Waals surface area contributed by atoms with E-state index >= 15 is 0 Å². The van der Waals surface area contributed by atoms with Crippen molar-refractivity contribution in [3.63, 3.8) is 0 Å². The molecule has 0 spiro atoms. The van der Waals surface area contributed by atoms with Crippen LogP contribution in [0.2, 0.25) is 0 Å². The summed E-state index contributed by atoms with van der Waals surface area (Å²) in [7, 11) is 0. The number of carbonyl (C=O) groups excluding carboxylic acids is 1. The fraction of sp³-hybridized carbons (Fsp3) is 0.588. The molecular formula is C17H23FN2O2. The van der Waals surface area contributed by atoms with Gasteiger partial charge in [0.15, 0.2) is 0 Å². The summed E-state index contributed by atoms with van der Waals surface area (Å²) in [4.78, 5) is 16.4. The van der Waals surface area contributed by atoms with E-state index in [-0.39, 0.29) is 11.7 Å². The molecule has 0 radical (unpaired) electrons. The number of hydrogen-bond donors (Lipinski definition) is 0. The van der Waals surface area contributed by atoms with Crippen LogP contribution in [0.25, 0.3) is 0 Å². The lowest BCUT2D eigenvalue weighted by molar-refractivity contribution is -0.136. The number of piperazine rings is 1. The van der Waals surface area contributed by atoms with Gasteiger partial charge in [-0.2, -0.15) is 0 Å². The summed E-state index contributed by atoms with van der Waals surface area (Å²) < 4.78 is 18.3. The van der Waals surface area contributed by atoms with Gasteiger partial charge in [-0.25, -0.2) is 4.39 Å². The molecule has 3 rings (SSSR count). The van der Waals surface area contributed by atoms with E-state index in [0.29, 0.717) is 19.0 Å². The molecule has 5 heteroatoms. The lowest BCUT2D eigenvalue weighted by Gasteiger charge is -2.34. The van der Waals surface area contributed by atoms with Crippen molar-refractivity contribution in [2.45, 2.75) is 19.4 Å².